The van der Waals surface area contributed by atoms with Gasteiger partial charge in [-0.2, -0.15) is 0 Å². The Hall–Kier alpha value is -0.380. The smallest absolute Gasteiger partial charge is 0.0576 e. The molecule has 0 saturated carbocycles. The van der Waals surface area contributed by atoms with Gasteiger partial charge in [0.1, 0.15) is 0 Å². The minimum atomic E-state index is 0.472. The van der Waals surface area contributed by atoms with Crippen molar-refractivity contribution in [2.24, 2.45) is 0 Å². The first kappa shape index (κ1) is 17.0. The number of hydrogen-bond acceptors (Lipinski definition) is 2. The largest absolute Gasteiger partial charge is 0.378 e. The molecule has 1 heterocycles. The van der Waals surface area contributed by atoms with E-state index in [0.717, 1.165) is 17.6 Å². The van der Waals surface area contributed by atoms with Gasteiger partial charge in [-0.25, -0.2) is 0 Å². The summed E-state index contributed by atoms with van der Waals surface area (Å²) in [5.41, 5.74) is 2.81. The molecule has 1 aromatic carbocycles. The number of ether oxygens (including phenoxy) is 1. The van der Waals surface area contributed by atoms with Gasteiger partial charge in [0, 0.05) is 17.1 Å². The molecule has 0 radical (unpaired) electrons. The van der Waals surface area contributed by atoms with Gasteiger partial charge in [0.15, 0.2) is 0 Å². The van der Waals surface area contributed by atoms with Gasteiger partial charge in [-0.3, -0.25) is 0 Å². The molecule has 1 N–H and O–H groups in total. The third-order valence-corrected chi connectivity index (χ3v) is 4.78. The number of hydrogen-bond donors (Lipinski definition) is 1. The highest BCUT2D eigenvalue weighted by molar-refractivity contribution is 9.10. The number of rotatable bonds is 8. The Kier molecular flexibility index (Phi) is 7.21. The van der Waals surface area contributed by atoms with Crippen molar-refractivity contribution in [3.8, 4) is 0 Å². The lowest BCUT2D eigenvalue weighted by molar-refractivity contribution is 0.101. The molecular weight excluding hydrogens is 326 g/mol. The second-order valence-corrected chi connectivity index (χ2v) is 6.99. The van der Waals surface area contributed by atoms with Crippen LogP contribution in [0.15, 0.2) is 22.7 Å². The summed E-state index contributed by atoms with van der Waals surface area (Å²) in [6.45, 7) is 6.49. The lowest BCUT2D eigenvalue weighted by atomic mass is 9.95. The summed E-state index contributed by atoms with van der Waals surface area (Å²) in [5, 5.41) is 3.72. The maximum atomic E-state index is 5.73. The highest BCUT2D eigenvalue weighted by Crippen LogP contribution is 2.27. The summed E-state index contributed by atoms with van der Waals surface area (Å²) in [7, 11) is 0. The van der Waals surface area contributed by atoms with Crippen LogP contribution in [0.2, 0.25) is 0 Å². The molecule has 2 unspecified atom stereocenters. The molecule has 2 nitrogen and oxygen atoms in total. The molecule has 0 amide bonds. The zero-order valence-corrected chi connectivity index (χ0v) is 14.9. The minimum absolute atomic E-state index is 0.472. The van der Waals surface area contributed by atoms with E-state index in [2.05, 4.69) is 53.3 Å². The molecule has 2 rings (SSSR count). The van der Waals surface area contributed by atoms with Crippen molar-refractivity contribution in [1.82, 2.24) is 5.32 Å². The SMILES string of the molecule is CCCNC(CCCC1CCCO1)c1ccc(Br)cc1C. The van der Waals surface area contributed by atoms with Gasteiger partial charge in [0.25, 0.3) is 0 Å². The van der Waals surface area contributed by atoms with Gasteiger partial charge in [0.05, 0.1) is 6.10 Å². The van der Waals surface area contributed by atoms with Gasteiger partial charge in [-0.15, -0.1) is 0 Å². The van der Waals surface area contributed by atoms with Crippen LogP contribution in [0.4, 0.5) is 0 Å². The first-order chi connectivity index (χ1) is 10.2. The van der Waals surface area contributed by atoms with Crippen molar-refractivity contribution in [3.63, 3.8) is 0 Å². The molecule has 1 fully saturated rings. The van der Waals surface area contributed by atoms with Gasteiger partial charge >= 0.3 is 0 Å². The van der Waals surface area contributed by atoms with E-state index in [0.29, 0.717) is 12.1 Å². The lowest BCUT2D eigenvalue weighted by Gasteiger charge is -2.22. The Morgan fingerprint density at radius 3 is 2.95 bits per heavy atom. The molecular formula is C18H28BrNO. The van der Waals surface area contributed by atoms with Crippen molar-refractivity contribution in [1.29, 1.82) is 0 Å². The predicted octanol–water partition coefficient (Wildman–Crippen LogP) is 5.15. The average Bonchev–Trinajstić information content (AvgIpc) is 2.96. The van der Waals surface area contributed by atoms with Crippen molar-refractivity contribution in [2.75, 3.05) is 13.2 Å². The monoisotopic (exact) mass is 353 g/mol. The quantitative estimate of drug-likeness (QED) is 0.697. The topological polar surface area (TPSA) is 21.3 Å². The molecule has 1 saturated heterocycles. The van der Waals surface area contributed by atoms with Crippen LogP contribution < -0.4 is 5.32 Å². The van der Waals surface area contributed by atoms with E-state index in [9.17, 15) is 0 Å². The molecule has 0 bridgehead atoms. The molecule has 21 heavy (non-hydrogen) atoms. The third-order valence-electron chi connectivity index (χ3n) is 4.29. The summed E-state index contributed by atoms with van der Waals surface area (Å²) in [6.07, 6.45) is 7.84. The molecule has 1 aliphatic heterocycles. The summed E-state index contributed by atoms with van der Waals surface area (Å²) >= 11 is 3.56. The highest BCUT2D eigenvalue weighted by atomic mass is 79.9. The Bertz CT molecular complexity index is 429. The third kappa shape index (κ3) is 5.39. The van der Waals surface area contributed by atoms with Gasteiger partial charge in [-0.05, 0) is 75.3 Å². The maximum absolute atomic E-state index is 5.73. The van der Waals surface area contributed by atoms with Crippen LogP contribution in [0.5, 0.6) is 0 Å². The Morgan fingerprint density at radius 1 is 1.43 bits per heavy atom. The van der Waals surface area contributed by atoms with Crippen LogP contribution in [-0.4, -0.2) is 19.3 Å². The molecule has 0 aliphatic carbocycles. The molecule has 0 spiro atoms. The van der Waals surface area contributed by atoms with E-state index >= 15 is 0 Å². The van der Waals surface area contributed by atoms with Gasteiger partial charge < -0.3 is 10.1 Å². The van der Waals surface area contributed by atoms with Crippen LogP contribution in [0, 0.1) is 6.92 Å². The molecule has 3 heteroatoms. The number of aryl methyl sites for hydroxylation is 1. The van der Waals surface area contributed by atoms with Crippen LogP contribution in [0.25, 0.3) is 0 Å². The van der Waals surface area contributed by atoms with E-state index in [1.807, 2.05) is 0 Å². The normalized spacial score (nSPS) is 19.9. The average molecular weight is 354 g/mol. The molecule has 1 aliphatic rings. The minimum Gasteiger partial charge on any atom is -0.378 e. The standard InChI is InChI=1S/C18H28BrNO/c1-3-11-20-18(8-4-6-16-7-5-12-21-16)17-10-9-15(19)13-14(17)2/h9-10,13,16,18,20H,3-8,11-12H2,1-2H3. The van der Waals surface area contributed by atoms with Crippen LogP contribution in [0.1, 0.15) is 62.6 Å². The number of nitrogens with one attached hydrogen (secondary N) is 1. The fraction of sp³-hybridized carbons (Fsp3) is 0.667. The zero-order valence-electron chi connectivity index (χ0n) is 13.3. The van der Waals surface area contributed by atoms with Crippen molar-refractivity contribution in [3.05, 3.63) is 33.8 Å². The van der Waals surface area contributed by atoms with E-state index in [-0.39, 0.29) is 0 Å². The van der Waals surface area contributed by atoms with Crippen LogP contribution in [0.3, 0.4) is 0 Å². The van der Waals surface area contributed by atoms with Crippen molar-refractivity contribution >= 4 is 15.9 Å². The fourth-order valence-corrected chi connectivity index (χ4v) is 3.61. The zero-order chi connectivity index (χ0) is 15.1. The van der Waals surface area contributed by atoms with Crippen LogP contribution >= 0.6 is 15.9 Å². The number of halogens is 1. The highest BCUT2D eigenvalue weighted by Gasteiger charge is 2.17. The summed E-state index contributed by atoms with van der Waals surface area (Å²) in [6, 6.07) is 7.11. The molecule has 1 aromatic rings. The van der Waals surface area contributed by atoms with E-state index in [1.165, 1.54) is 49.7 Å². The summed E-state index contributed by atoms with van der Waals surface area (Å²) in [5.74, 6) is 0. The molecule has 118 valence electrons. The maximum Gasteiger partial charge on any atom is 0.0576 e. The van der Waals surface area contributed by atoms with Crippen LogP contribution in [-0.2, 0) is 4.74 Å². The Labute approximate surface area is 137 Å². The predicted molar refractivity (Wildman–Crippen MR) is 92.7 cm³/mol. The Morgan fingerprint density at radius 2 is 2.29 bits per heavy atom. The lowest BCUT2D eigenvalue weighted by Crippen LogP contribution is -2.23. The van der Waals surface area contributed by atoms with Gasteiger partial charge in [0.2, 0.25) is 0 Å². The molecule has 0 aromatic heterocycles. The van der Waals surface area contributed by atoms with Gasteiger partial charge in [-0.1, -0.05) is 28.9 Å². The van der Waals surface area contributed by atoms with E-state index in [4.69, 9.17) is 4.74 Å². The summed E-state index contributed by atoms with van der Waals surface area (Å²) in [4.78, 5) is 0. The fourth-order valence-electron chi connectivity index (χ4n) is 3.14. The second-order valence-electron chi connectivity index (χ2n) is 6.07. The second kappa shape index (κ2) is 8.92. The molecule has 2 atom stereocenters. The first-order valence-electron chi connectivity index (χ1n) is 8.31. The Balaban J connectivity index is 1.92. The summed E-state index contributed by atoms with van der Waals surface area (Å²) < 4.78 is 6.90. The number of benzene rings is 1. The van der Waals surface area contributed by atoms with Crippen molar-refractivity contribution < 1.29 is 4.74 Å². The van der Waals surface area contributed by atoms with Crippen molar-refractivity contribution in [2.45, 2.75) is 64.5 Å². The first-order valence-corrected chi connectivity index (χ1v) is 9.11. The van der Waals surface area contributed by atoms with E-state index in [1.54, 1.807) is 0 Å². The van der Waals surface area contributed by atoms with E-state index < -0.39 is 0 Å².